The highest BCUT2D eigenvalue weighted by atomic mass is 16.5. The Bertz CT molecular complexity index is 867. The number of aromatic nitrogens is 2. The number of aryl methyl sites for hydroxylation is 1. The molecule has 0 unspecified atom stereocenters. The van der Waals surface area contributed by atoms with Gasteiger partial charge < -0.3 is 25.3 Å². The van der Waals surface area contributed by atoms with Crippen molar-refractivity contribution in [1.82, 2.24) is 9.55 Å². The van der Waals surface area contributed by atoms with Crippen molar-refractivity contribution in [2.75, 3.05) is 23.8 Å². The van der Waals surface area contributed by atoms with E-state index in [9.17, 15) is 4.79 Å². The van der Waals surface area contributed by atoms with Crippen molar-refractivity contribution in [1.29, 1.82) is 5.41 Å². The molecule has 1 saturated heterocycles. The van der Waals surface area contributed by atoms with Gasteiger partial charge in [0.15, 0.2) is 0 Å². The van der Waals surface area contributed by atoms with E-state index in [1.165, 1.54) is 6.21 Å². The predicted octanol–water partition coefficient (Wildman–Crippen LogP) is 3.35. The Morgan fingerprint density at radius 1 is 1.29 bits per heavy atom. The topological polar surface area (TPSA) is 92.0 Å². The first-order valence-corrected chi connectivity index (χ1v) is 9.68. The minimum Gasteiger partial charge on any atom is -0.381 e. The molecule has 148 valence electrons. The van der Waals surface area contributed by atoms with E-state index >= 15 is 0 Å². The first kappa shape index (κ1) is 19.8. The molecule has 0 spiro atoms. The van der Waals surface area contributed by atoms with Crippen molar-refractivity contribution in [3.8, 4) is 0 Å². The molecule has 0 atom stereocenters. The van der Waals surface area contributed by atoms with Gasteiger partial charge in [0, 0.05) is 56.1 Å². The number of allylic oxidation sites excluding steroid dienone is 1. The summed E-state index contributed by atoms with van der Waals surface area (Å²) in [4.78, 5) is 16.3. The van der Waals surface area contributed by atoms with Gasteiger partial charge in [-0.1, -0.05) is 6.92 Å². The molecule has 0 amide bonds. The molecule has 7 nitrogen and oxygen atoms in total. The molecule has 2 aromatic rings. The molecule has 0 bridgehead atoms. The number of ether oxygens (including phenoxy) is 1. The zero-order chi connectivity index (χ0) is 19.8. The summed E-state index contributed by atoms with van der Waals surface area (Å²) in [7, 11) is 0. The molecule has 7 heteroatoms. The highest BCUT2D eigenvalue weighted by molar-refractivity contribution is 6.07. The first-order chi connectivity index (χ1) is 13.7. The summed E-state index contributed by atoms with van der Waals surface area (Å²) in [6.07, 6.45) is 9.47. The van der Waals surface area contributed by atoms with Crippen LogP contribution in [-0.4, -0.2) is 35.0 Å². The van der Waals surface area contributed by atoms with Crippen molar-refractivity contribution in [3.63, 3.8) is 0 Å². The maximum Gasteiger partial charge on any atom is 0.250 e. The second-order valence-corrected chi connectivity index (χ2v) is 6.80. The lowest BCUT2D eigenvalue weighted by Gasteiger charge is -2.24. The monoisotopic (exact) mass is 381 g/mol. The first-order valence-electron chi connectivity index (χ1n) is 9.68. The molecule has 3 rings (SSSR count). The lowest BCUT2D eigenvalue weighted by Crippen LogP contribution is -2.27. The second-order valence-electron chi connectivity index (χ2n) is 6.80. The van der Waals surface area contributed by atoms with Crippen LogP contribution in [0.25, 0.3) is 5.57 Å². The van der Waals surface area contributed by atoms with E-state index in [2.05, 4.69) is 15.6 Å². The van der Waals surface area contributed by atoms with Crippen LogP contribution in [0.5, 0.6) is 0 Å². The largest absolute Gasteiger partial charge is 0.381 e. The summed E-state index contributed by atoms with van der Waals surface area (Å²) in [6.45, 7) is 4.30. The Labute approximate surface area is 165 Å². The molecule has 0 radical (unpaired) electrons. The fourth-order valence-electron chi connectivity index (χ4n) is 3.11. The third kappa shape index (κ3) is 5.29. The Balaban J connectivity index is 1.67. The zero-order valence-electron chi connectivity index (χ0n) is 16.1. The summed E-state index contributed by atoms with van der Waals surface area (Å²) >= 11 is 0. The minimum atomic E-state index is -0.0158. The van der Waals surface area contributed by atoms with Crippen LogP contribution in [0, 0.1) is 5.41 Å². The van der Waals surface area contributed by atoms with Crippen molar-refractivity contribution in [2.24, 2.45) is 0 Å². The molecular weight excluding hydrogens is 354 g/mol. The van der Waals surface area contributed by atoms with E-state index in [0.717, 1.165) is 43.9 Å². The van der Waals surface area contributed by atoms with Gasteiger partial charge in [0.2, 0.25) is 0 Å². The Morgan fingerprint density at radius 3 is 2.75 bits per heavy atom. The van der Waals surface area contributed by atoms with Crippen LogP contribution < -0.4 is 16.2 Å². The summed E-state index contributed by atoms with van der Waals surface area (Å²) < 4.78 is 7.06. The van der Waals surface area contributed by atoms with Gasteiger partial charge in [0.1, 0.15) is 0 Å². The average Bonchev–Trinajstić information content (AvgIpc) is 2.73. The van der Waals surface area contributed by atoms with Crippen molar-refractivity contribution in [2.45, 2.75) is 38.8 Å². The third-order valence-corrected chi connectivity index (χ3v) is 4.65. The fourth-order valence-corrected chi connectivity index (χ4v) is 3.11. The number of nitrogens with zero attached hydrogens (tertiary/aromatic N) is 2. The smallest absolute Gasteiger partial charge is 0.250 e. The Kier molecular flexibility index (Phi) is 6.97. The van der Waals surface area contributed by atoms with Gasteiger partial charge >= 0.3 is 0 Å². The molecule has 0 aliphatic carbocycles. The molecule has 1 aliphatic rings. The Morgan fingerprint density at radius 2 is 2.07 bits per heavy atom. The van der Waals surface area contributed by atoms with Crippen LogP contribution in [0.3, 0.4) is 0 Å². The van der Waals surface area contributed by atoms with Crippen molar-refractivity contribution < 1.29 is 4.74 Å². The lowest BCUT2D eigenvalue weighted by atomic mass is 10.1. The van der Waals surface area contributed by atoms with E-state index in [1.54, 1.807) is 35.3 Å². The van der Waals surface area contributed by atoms with E-state index in [-0.39, 0.29) is 5.56 Å². The van der Waals surface area contributed by atoms with E-state index in [4.69, 9.17) is 10.1 Å². The van der Waals surface area contributed by atoms with Crippen molar-refractivity contribution >= 4 is 23.2 Å². The summed E-state index contributed by atoms with van der Waals surface area (Å²) in [5, 5.41) is 14.3. The molecule has 2 aromatic heterocycles. The third-order valence-electron chi connectivity index (χ3n) is 4.65. The normalized spacial score (nSPS) is 15.2. The van der Waals surface area contributed by atoms with Crippen LogP contribution in [-0.2, 0) is 11.3 Å². The fraction of sp³-hybridized carbons (Fsp3) is 0.381. The number of hydrogen-bond acceptors (Lipinski definition) is 6. The van der Waals surface area contributed by atoms with E-state index in [1.807, 2.05) is 19.1 Å². The highest BCUT2D eigenvalue weighted by Crippen LogP contribution is 2.17. The van der Waals surface area contributed by atoms with Gasteiger partial charge in [-0.05, 0) is 37.5 Å². The highest BCUT2D eigenvalue weighted by Gasteiger charge is 2.13. The molecule has 0 aromatic carbocycles. The van der Waals surface area contributed by atoms with Gasteiger partial charge in [-0.25, -0.2) is 0 Å². The van der Waals surface area contributed by atoms with Gasteiger partial charge in [-0.3, -0.25) is 9.78 Å². The minimum absolute atomic E-state index is 0.0158. The van der Waals surface area contributed by atoms with Gasteiger partial charge in [-0.2, -0.15) is 0 Å². The molecule has 1 aliphatic heterocycles. The number of hydrogen-bond donors (Lipinski definition) is 3. The summed E-state index contributed by atoms with van der Waals surface area (Å²) in [6, 6.07) is 7.58. The lowest BCUT2D eigenvalue weighted by molar-refractivity contribution is 0.0904. The van der Waals surface area contributed by atoms with Crippen LogP contribution in [0.4, 0.5) is 11.4 Å². The quantitative estimate of drug-likeness (QED) is 0.610. The van der Waals surface area contributed by atoms with E-state index in [0.29, 0.717) is 23.9 Å². The van der Waals surface area contributed by atoms with Gasteiger partial charge in [0.05, 0.1) is 23.3 Å². The van der Waals surface area contributed by atoms with Crippen LogP contribution >= 0.6 is 0 Å². The molecule has 1 fully saturated rings. The second kappa shape index (κ2) is 9.85. The van der Waals surface area contributed by atoms with Crippen LogP contribution in [0.1, 0.15) is 31.9 Å². The molecule has 28 heavy (non-hydrogen) atoms. The van der Waals surface area contributed by atoms with Crippen molar-refractivity contribution in [3.05, 3.63) is 58.9 Å². The molecule has 3 N–H and O–H groups in total. The summed E-state index contributed by atoms with van der Waals surface area (Å²) in [5.74, 6) is 0. The Hall–Kier alpha value is -2.93. The number of nitrogens with one attached hydrogen (secondary N) is 3. The molecule has 3 heterocycles. The van der Waals surface area contributed by atoms with Gasteiger partial charge in [-0.15, -0.1) is 0 Å². The zero-order valence-corrected chi connectivity index (χ0v) is 16.1. The summed E-state index contributed by atoms with van der Waals surface area (Å²) in [5.41, 5.74) is 3.12. The maximum absolute atomic E-state index is 11.8. The predicted molar refractivity (Wildman–Crippen MR) is 113 cm³/mol. The maximum atomic E-state index is 11.8. The number of rotatable bonds is 8. The van der Waals surface area contributed by atoms with Crippen LogP contribution in [0.2, 0.25) is 0 Å². The SMILES string of the molecule is CCCn1cc(N/C=C(\C=N)c2ccc(NC3CCOCC3)cn2)ccc1=O. The number of pyridine rings is 2. The standard InChI is InChI=1S/C21H27N5O2/c1-2-9-26-15-19(4-6-21(26)27)23-13-16(12-22)20-5-3-18(14-24-20)25-17-7-10-28-11-8-17/h3-6,12-15,17,22-23,25H,2,7-11H2,1H3/b16-13+,22-12?. The van der Waals surface area contributed by atoms with Gasteiger partial charge in [0.25, 0.3) is 5.56 Å². The molecule has 0 saturated carbocycles. The number of anilines is 2. The van der Waals surface area contributed by atoms with E-state index < -0.39 is 0 Å². The van der Waals surface area contributed by atoms with Crippen LogP contribution in [0.15, 0.2) is 47.7 Å². The molecular formula is C21H27N5O2. The average molecular weight is 381 g/mol.